The number of nitrogens with one attached hydrogen (secondary N) is 1. The van der Waals surface area contributed by atoms with Crippen LogP contribution in [0.3, 0.4) is 0 Å². The first-order chi connectivity index (χ1) is 8.84. The summed E-state index contributed by atoms with van der Waals surface area (Å²) in [6.45, 7) is 4.49. The fourth-order valence-corrected chi connectivity index (χ4v) is 1.94. The normalized spacial score (nSPS) is 11.4. The number of carbonyl (C=O) groups is 1. The quantitative estimate of drug-likeness (QED) is 0.821. The Balaban J connectivity index is 2.56. The highest BCUT2D eigenvalue weighted by molar-refractivity contribution is 9.10. The molecule has 1 amide bonds. The lowest BCUT2D eigenvalue weighted by Gasteiger charge is -2.23. The second-order valence-electron chi connectivity index (χ2n) is 5.23. The first-order valence-electron chi connectivity index (χ1n) is 6.08. The van der Waals surface area contributed by atoms with E-state index in [2.05, 4.69) is 21.2 Å². The van der Waals surface area contributed by atoms with Crippen molar-refractivity contribution < 1.29 is 9.90 Å². The van der Waals surface area contributed by atoms with E-state index in [1.165, 1.54) is 10.6 Å². The van der Waals surface area contributed by atoms with Crippen molar-refractivity contribution in [1.29, 1.82) is 0 Å². The summed E-state index contributed by atoms with van der Waals surface area (Å²) in [5, 5.41) is 11.7. The molecule has 0 bridgehead atoms. The lowest BCUT2D eigenvalue weighted by molar-refractivity contribution is -0.122. The number of pyridine rings is 1. The van der Waals surface area contributed by atoms with Gasteiger partial charge in [0.2, 0.25) is 5.91 Å². The molecule has 0 aliphatic carbocycles. The third kappa shape index (κ3) is 5.57. The molecular formula is C13H19BrN2O3. The van der Waals surface area contributed by atoms with Gasteiger partial charge in [-0.2, -0.15) is 0 Å². The Morgan fingerprint density at radius 3 is 2.79 bits per heavy atom. The van der Waals surface area contributed by atoms with Crippen LogP contribution in [0, 0.1) is 5.41 Å². The van der Waals surface area contributed by atoms with Gasteiger partial charge in [0.05, 0.1) is 0 Å². The van der Waals surface area contributed by atoms with Crippen molar-refractivity contribution in [2.45, 2.75) is 26.8 Å². The zero-order valence-electron chi connectivity index (χ0n) is 11.1. The third-order valence-corrected chi connectivity index (χ3v) is 3.28. The molecule has 1 rings (SSSR count). The summed E-state index contributed by atoms with van der Waals surface area (Å²) in [5.74, 6) is -0.216. The Morgan fingerprint density at radius 2 is 2.16 bits per heavy atom. The van der Waals surface area contributed by atoms with Crippen molar-refractivity contribution in [2.75, 3.05) is 13.2 Å². The van der Waals surface area contributed by atoms with E-state index < -0.39 is 0 Å². The SMILES string of the molecule is CC(C)(CCO)CNC(=O)Cn1cc(Br)ccc1=O. The first-order valence-corrected chi connectivity index (χ1v) is 6.87. The Kier molecular flexibility index (Phi) is 5.75. The Labute approximate surface area is 120 Å². The number of rotatable bonds is 6. The minimum Gasteiger partial charge on any atom is -0.396 e. The van der Waals surface area contributed by atoms with Gasteiger partial charge in [-0.15, -0.1) is 0 Å². The minimum atomic E-state index is -0.216. The summed E-state index contributed by atoms with van der Waals surface area (Å²) >= 11 is 3.26. The number of carbonyl (C=O) groups excluding carboxylic acids is 1. The van der Waals surface area contributed by atoms with Gasteiger partial charge in [0.1, 0.15) is 6.54 Å². The molecule has 6 heteroatoms. The number of halogens is 1. The number of aliphatic hydroxyl groups excluding tert-OH is 1. The maximum atomic E-state index is 11.8. The van der Waals surface area contributed by atoms with Gasteiger partial charge >= 0.3 is 0 Å². The van der Waals surface area contributed by atoms with Gasteiger partial charge in [0, 0.05) is 29.9 Å². The molecule has 1 heterocycles. The van der Waals surface area contributed by atoms with Gasteiger partial charge in [-0.25, -0.2) is 0 Å². The lowest BCUT2D eigenvalue weighted by atomic mass is 9.90. The van der Waals surface area contributed by atoms with E-state index in [1.54, 1.807) is 12.3 Å². The van der Waals surface area contributed by atoms with Crippen molar-refractivity contribution in [3.63, 3.8) is 0 Å². The van der Waals surface area contributed by atoms with Crippen LogP contribution >= 0.6 is 15.9 Å². The molecule has 5 nitrogen and oxygen atoms in total. The molecule has 0 atom stereocenters. The molecule has 0 unspecified atom stereocenters. The third-order valence-electron chi connectivity index (χ3n) is 2.81. The Bertz CT molecular complexity index is 497. The molecule has 0 aliphatic heterocycles. The number of aliphatic hydroxyl groups is 1. The Hall–Kier alpha value is -1.14. The van der Waals surface area contributed by atoms with Crippen LogP contribution in [0.25, 0.3) is 0 Å². The van der Waals surface area contributed by atoms with Gasteiger partial charge in [-0.3, -0.25) is 9.59 Å². The summed E-state index contributed by atoms with van der Waals surface area (Å²) in [5.41, 5.74) is -0.375. The fraction of sp³-hybridized carbons (Fsp3) is 0.538. The Morgan fingerprint density at radius 1 is 1.47 bits per heavy atom. The highest BCUT2D eigenvalue weighted by atomic mass is 79.9. The van der Waals surface area contributed by atoms with Gasteiger partial charge in [-0.1, -0.05) is 13.8 Å². The van der Waals surface area contributed by atoms with Crippen LogP contribution < -0.4 is 10.9 Å². The minimum absolute atomic E-state index is 0.00647. The molecule has 1 aromatic heterocycles. The summed E-state index contributed by atoms with van der Waals surface area (Å²) in [7, 11) is 0. The average Bonchev–Trinajstić information content (AvgIpc) is 2.31. The zero-order chi connectivity index (χ0) is 14.5. The summed E-state index contributed by atoms with van der Waals surface area (Å²) < 4.78 is 2.10. The second-order valence-corrected chi connectivity index (χ2v) is 6.14. The molecule has 2 N–H and O–H groups in total. The number of amides is 1. The maximum Gasteiger partial charge on any atom is 0.251 e. The van der Waals surface area contributed by atoms with E-state index in [0.717, 1.165) is 4.47 Å². The lowest BCUT2D eigenvalue weighted by Crippen LogP contribution is -2.38. The number of nitrogens with zero attached hydrogens (tertiary/aromatic N) is 1. The largest absolute Gasteiger partial charge is 0.396 e. The van der Waals surface area contributed by atoms with E-state index in [-0.39, 0.29) is 30.0 Å². The van der Waals surface area contributed by atoms with Gasteiger partial charge in [0.25, 0.3) is 5.56 Å². The average molecular weight is 331 g/mol. The molecule has 0 radical (unpaired) electrons. The first kappa shape index (κ1) is 15.9. The molecule has 0 fully saturated rings. The predicted octanol–water partition coefficient (Wildman–Crippen LogP) is 1.14. The summed E-state index contributed by atoms with van der Waals surface area (Å²) in [6.07, 6.45) is 2.20. The number of aromatic nitrogens is 1. The van der Waals surface area contributed by atoms with E-state index in [1.807, 2.05) is 13.8 Å². The van der Waals surface area contributed by atoms with E-state index >= 15 is 0 Å². The highest BCUT2D eigenvalue weighted by Gasteiger charge is 2.18. The van der Waals surface area contributed by atoms with E-state index in [9.17, 15) is 9.59 Å². The molecule has 1 aromatic rings. The number of hydrogen-bond donors (Lipinski definition) is 2. The van der Waals surface area contributed by atoms with Gasteiger partial charge < -0.3 is 15.0 Å². The molecule has 0 aliphatic rings. The highest BCUT2D eigenvalue weighted by Crippen LogP contribution is 2.17. The van der Waals surface area contributed by atoms with Crippen LogP contribution in [-0.4, -0.2) is 28.7 Å². The van der Waals surface area contributed by atoms with Crippen molar-refractivity contribution >= 4 is 21.8 Å². The monoisotopic (exact) mass is 330 g/mol. The molecular weight excluding hydrogens is 312 g/mol. The van der Waals surface area contributed by atoms with Crippen LogP contribution in [0.4, 0.5) is 0 Å². The molecule has 0 saturated heterocycles. The molecule has 0 saturated carbocycles. The topological polar surface area (TPSA) is 71.3 Å². The van der Waals surface area contributed by atoms with Crippen LogP contribution in [0.15, 0.2) is 27.6 Å². The number of hydrogen-bond acceptors (Lipinski definition) is 3. The van der Waals surface area contributed by atoms with Crippen LogP contribution in [0.1, 0.15) is 20.3 Å². The fourth-order valence-electron chi connectivity index (χ4n) is 1.57. The maximum absolute atomic E-state index is 11.8. The van der Waals surface area contributed by atoms with Crippen molar-refractivity contribution in [2.24, 2.45) is 5.41 Å². The standard InChI is InChI=1S/C13H19BrN2O3/c1-13(2,5-6-17)9-15-11(18)8-16-7-10(14)3-4-12(16)19/h3-4,7,17H,5-6,8-9H2,1-2H3,(H,15,18). The van der Waals surface area contributed by atoms with Crippen molar-refractivity contribution in [3.05, 3.63) is 33.2 Å². The molecule has 106 valence electrons. The smallest absolute Gasteiger partial charge is 0.251 e. The van der Waals surface area contributed by atoms with Crippen LogP contribution in [0.2, 0.25) is 0 Å². The second kappa shape index (κ2) is 6.86. The van der Waals surface area contributed by atoms with Crippen molar-refractivity contribution in [1.82, 2.24) is 9.88 Å². The molecule has 0 spiro atoms. The predicted molar refractivity (Wildman–Crippen MR) is 76.9 cm³/mol. The molecule has 19 heavy (non-hydrogen) atoms. The van der Waals surface area contributed by atoms with Crippen LogP contribution in [0.5, 0.6) is 0 Å². The van der Waals surface area contributed by atoms with Gasteiger partial charge in [-0.05, 0) is 33.8 Å². The van der Waals surface area contributed by atoms with Crippen LogP contribution in [-0.2, 0) is 11.3 Å². The summed E-state index contributed by atoms with van der Waals surface area (Å²) in [4.78, 5) is 23.3. The van der Waals surface area contributed by atoms with Gasteiger partial charge in [0.15, 0.2) is 0 Å². The van der Waals surface area contributed by atoms with E-state index in [4.69, 9.17) is 5.11 Å². The molecule has 0 aromatic carbocycles. The van der Waals surface area contributed by atoms with E-state index in [0.29, 0.717) is 13.0 Å². The summed E-state index contributed by atoms with van der Waals surface area (Å²) in [6, 6.07) is 3.05. The zero-order valence-corrected chi connectivity index (χ0v) is 12.7. The van der Waals surface area contributed by atoms with Crippen molar-refractivity contribution in [3.8, 4) is 0 Å².